The molecular formula is C25H27Cl2N3O4. The smallest absolute Gasteiger partial charge is 0.283 e. The molecule has 2 aromatic carbocycles. The Hall–Kier alpha value is -2.58. The SMILES string of the molecule is Cc1nnc(-c2cc3c(OC[C@@H](O)CN4CCC(c5ccc(Cl)cc5)CC4)cccc3o2)o1.Cl. The second-order valence-electron chi connectivity index (χ2n) is 8.50. The van der Waals surface area contributed by atoms with E-state index in [1.54, 1.807) is 6.92 Å². The van der Waals surface area contributed by atoms with Gasteiger partial charge in [-0.15, -0.1) is 22.6 Å². The normalized spacial score (nSPS) is 15.9. The number of ether oxygens (including phenoxy) is 1. The summed E-state index contributed by atoms with van der Waals surface area (Å²) in [6.07, 6.45) is 1.56. The first-order valence-electron chi connectivity index (χ1n) is 11.2. The fourth-order valence-electron chi connectivity index (χ4n) is 4.38. The van der Waals surface area contributed by atoms with Gasteiger partial charge in [0.1, 0.15) is 24.0 Å². The average Bonchev–Trinajstić information content (AvgIpc) is 3.45. The maximum absolute atomic E-state index is 10.6. The number of rotatable bonds is 7. The molecular weight excluding hydrogens is 477 g/mol. The van der Waals surface area contributed by atoms with Gasteiger partial charge in [-0.25, -0.2) is 0 Å². The zero-order chi connectivity index (χ0) is 22.8. The number of aliphatic hydroxyl groups excluding tert-OH is 1. The van der Waals surface area contributed by atoms with Crippen molar-refractivity contribution in [3.8, 4) is 17.4 Å². The summed E-state index contributed by atoms with van der Waals surface area (Å²) in [5.41, 5.74) is 2.00. The number of piperidine rings is 1. The molecule has 180 valence electrons. The molecule has 0 aliphatic carbocycles. The molecule has 9 heteroatoms. The molecule has 1 atom stereocenters. The third kappa shape index (κ3) is 5.55. The van der Waals surface area contributed by atoms with Crippen molar-refractivity contribution >= 4 is 35.0 Å². The van der Waals surface area contributed by atoms with Gasteiger partial charge in [-0.3, -0.25) is 0 Å². The molecule has 0 spiro atoms. The van der Waals surface area contributed by atoms with Crippen molar-refractivity contribution < 1.29 is 18.7 Å². The Balaban J connectivity index is 0.00000274. The van der Waals surface area contributed by atoms with Gasteiger partial charge in [-0.2, -0.15) is 0 Å². The molecule has 1 saturated heterocycles. The minimum absolute atomic E-state index is 0. The van der Waals surface area contributed by atoms with Gasteiger partial charge in [0.25, 0.3) is 5.89 Å². The quantitative estimate of drug-likeness (QED) is 0.357. The molecule has 1 aliphatic heterocycles. The second-order valence-corrected chi connectivity index (χ2v) is 8.93. The third-order valence-electron chi connectivity index (χ3n) is 6.09. The van der Waals surface area contributed by atoms with Crippen LogP contribution in [0.15, 0.2) is 57.4 Å². The number of benzene rings is 2. The minimum atomic E-state index is -0.586. The van der Waals surface area contributed by atoms with Crippen LogP contribution in [0.25, 0.3) is 22.6 Å². The Labute approximate surface area is 209 Å². The number of aromatic nitrogens is 2. The highest BCUT2D eigenvalue weighted by atomic mass is 35.5. The summed E-state index contributed by atoms with van der Waals surface area (Å²) in [5, 5.41) is 20.0. The lowest BCUT2D eigenvalue weighted by Crippen LogP contribution is -2.40. The van der Waals surface area contributed by atoms with E-state index in [1.807, 2.05) is 36.4 Å². The average molecular weight is 504 g/mol. The number of fused-ring (bicyclic) bond motifs is 1. The molecule has 1 aliphatic rings. The number of aliphatic hydroxyl groups is 1. The van der Waals surface area contributed by atoms with Gasteiger partial charge in [0, 0.05) is 24.6 Å². The third-order valence-corrected chi connectivity index (χ3v) is 6.34. The van der Waals surface area contributed by atoms with Gasteiger partial charge in [-0.05, 0) is 61.7 Å². The predicted molar refractivity (Wildman–Crippen MR) is 133 cm³/mol. The monoisotopic (exact) mass is 503 g/mol. The first-order chi connectivity index (χ1) is 16.0. The van der Waals surface area contributed by atoms with Crippen molar-refractivity contribution in [1.29, 1.82) is 0 Å². The van der Waals surface area contributed by atoms with E-state index >= 15 is 0 Å². The first-order valence-corrected chi connectivity index (χ1v) is 11.5. The molecule has 2 aromatic heterocycles. The number of halogens is 2. The van der Waals surface area contributed by atoms with E-state index in [2.05, 4.69) is 27.2 Å². The van der Waals surface area contributed by atoms with E-state index in [4.69, 9.17) is 25.2 Å². The highest BCUT2D eigenvalue weighted by Crippen LogP contribution is 2.33. The summed E-state index contributed by atoms with van der Waals surface area (Å²) in [6.45, 7) is 4.43. The van der Waals surface area contributed by atoms with Crippen molar-refractivity contribution in [2.75, 3.05) is 26.2 Å². The molecule has 0 saturated carbocycles. The largest absolute Gasteiger partial charge is 0.490 e. The lowest BCUT2D eigenvalue weighted by Gasteiger charge is -2.33. The Morgan fingerprint density at radius 2 is 1.88 bits per heavy atom. The van der Waals surface area contributed by atoms with E-state index < -0.39 is 6.10 Å². The molecule has 1 N–H and O–H groups in total. The van der Waals surface area contributed by atoms with Gasteiger partial charge >= 0.3 is 0 Å². The highest BCUT2D eigenvalue weighted by molar-refractivity contribution is 6.30. The van der Waals surface area contributed by atoms with E-state index in [0.717, 1.165) is 36.3 Å². The zero-order valence-corrected chi connectivity index (χ0v) is 20.4. The summed E-state index contributed by atoms with van der Waals surface area (Å²) in [4.78, 5) is 2.30. The Kier molecular flexibility index (Phi) is 7.78. The van der Waals surface area contributed by atoms with Crippen LogP contribution in [-0.2, 0) is 0 Å². The Morgan fingerprint density at radius 1 is 1.12 bits per heavy atom. The molecule has 0 amide bonds. The fourth-order valence-corrected chi connectivity index (χ4v) is 4.51. The van der Waals surface area contributed by atoms with Gasteiger partial charge in [0.05, 0.1) is 5.39 Å². The van der Waals surface area contributed by atoms with Crippen molar-refractivity contribution in [3.05, 3.63) is 65.0 Å². The van der Waals surface area contributed by atoms with E-state index in [9.17, 15) is 5.11 Å². The highest BCUT2D eigenvalue weighted by Gasteiger charge is 2.23. The molecule has 0 bridgehead atoms. The minimum Gasteiger partial charge on any atom is -0.490 e. The van der Waals surface area contributed by atoms with Gasteiger partial charge in [0.15, 0.2) is 5.76 Å². The molecule has 7 nitrogen and oxygen atoms in total. The number of aryl methyl sites for hydroxylation is 1. The maximum atomic E-state index is 10.6. The van der Waals surface area contributed by atoms with Crippen LogP contribution in [0.2, 0.25) is 5.02 Å². The molecule has 0 unspecified atom stereocenters. The van der Waals surface area contributed by atoms with E-state index in [-0.39, 0.29) is 19.0 Å². The zero-order valence-electron chi connectivity index (χ0n) is 18.8. The van der Waals surface area contributed by atoms with E-state index in [1.165, 1.54) is 5.56 Å². The number of furan rings is 1. The lowest BCUT2D eigenvalue weighted by atomic mass is 9.89. The number of hydrogen-bond donors (Lipinski definition) is 1. The summed E-state index contributed by atoms with van der Waals surface area (Å²) in [6, 6.07) is 15.6. The van der Waals surface area contributed by atoms with Crippen LogP contribution in [-0.4, -0.2) is 52.5 Å². The number of β-amino-alcohol motifs (C(OH)–C–C–N with tert-alkyl or cyclic N) is 1. The molecule has 0 radical (unpaired) electrons. The van der Waals surface area contributed by atoms with Crippen LogP contribution in [0.3, 0.4) is 0 Å². The van der Waals surface area contributed by atoms with Crippen molar-refractivity contribution in [3.63, 3.8) is 0 Å². The van der Waals surface area contributed by atoms with E-state index in [0.29, 0.717) is 41.3 Å². The topological polar surface area (TPSA) is 84.8 Å². The number of likely N-dealkylation sites (tertiary alicyclic amines) is 1. The number of hydrogen-bond acceptors (Lipinski definition) is 7. The molecule has 34 heavy (non-hydrogen) atoms. The van der Waals surface area contributed by atoms with Crippen LogP contribution in [0.1, 0.15) is 30.2 Å². The summed E-state index contributed by atoms with van der Waals surface area (Å²) in [5.74, 6) is 2.49. The van der Waals surface area contributed by atoms with Crippen LogP contribution in [0.5, 0.6) is 5.75 Å². The van der Waals surface area contributed by atoms with Gasteiger partial charge in [0.2, 0.25) is 5.89 Å². The maximum Gasteiger partial charge on any atom is 0.283 e. The summed E-state index contributed by atoms with van der Waals surface area (Å²) in [7, 11) is 0. The van der Waals surface area contributed by atoms with Crippen LogP contribution >= 0.6 is 24.0 Å². The molecule has 3 heterocycles. The Morgan fingerprint density at radius 3 is 2.59 bits per heavy atom. The van der Waals surface area contributed by atoms with Crippen LogP contribution in [0, 0.1) is 6.92 Å². The van der Waals surface area contributed by atoms with Gasteiger partial charge in [-0.1, -0.05) is 29.8 Å². The summed E-state index contributed by atoms with van der Waals surface area (Å²) >= 11 is 6.00. The Bertz CT molecular complexity index is 1220. The first kappa shape index (κ1) is 24.5. The van der Waals surface area contributed by atoms with Crippen LogP contribution < -0.4 is 4.74 Å². The number of nitrogens with zero attached hydrogens (tertiary/aromatic N) is 3. The van der Waals surface area contributed by atoms with Crippen molar-refractivity contribution in [2.45, 2.75) is 31.8 Å². The van der Waals surface area contributed by atoms with Gasteiger partial charge < -0.3 is 23.6 Å². The summed E-state index contributed by atoms with van der Waals surface area (Å²) < 4.78 is 17.3. The lowest BCUT2D eigenvalue weighted by molar-refractivity contribution is 0.0599. The molecule has 4 aromatic rings. The van der Waals surface area contributed by atoms with Crippen molar-refractivity contribution in [1.82, 2.24) is 15.1 Å². The van der Waals surface area contributed by atoms with Crippen LogP contribution in [0.4, 0.5) is 0 Å². The standard InChI is InChI=1S/C25H26ClN3O4.ClH/c1-16-27-28-25(32-16)24-13-21-22(3-2-4-23(21)33-24)31-15-20(30)14-29-11-9-18(10-12-29)17-5-7-19(26)8-6-17;/h2-8,13,18,20,30H,9-12,14-15H2,1H3;1H/t20-;/m0./s1. The molecule has 5 rings (SSSR count). The second kappa shape index (κ2) is 10.8. The molecule has 1 fully saturated rings. The fraction of sp³-hybridized carbons (Fsp3) is 0.360. The van der Waals surface area contributed by atoms with Crippen molar-refractivity contribution in [2.24, 2.45) is 0 Å². The predicted octanol–water partition coefficient (Wildman–Crippen LogP) is 5.49.